The Morgan fingerprint density at radius 2 is 2.00 bits per heavy atom. The van der Waals surface area contributed by atoms with E-state index < -0.39 is 5.82 Å². The van der Waals surface area contributed by atoms with Crippen molar-refractivity contribution in [2.45, 2.75) is 26.3 Å². The first kappa shape index (κ1) is 19.2. The molecular formula is C17H21FIN3O. The number of anilines is 1. The minimum atomic E-state index is -0.663. The fourth-order valence-corrected chi connectivity index (χ4v) is 1.99. The van der Waals surface area contributed by atoms with Crippen LogP contribution in [-0.2, 0) is 6.54 Å². The number of guanidine groups is 1. The first-order valence-corrected chi connectivity index (χ1v) is 7.10. The van der Waals surface area contributed by atoms with Gasteiger partial charge in [0.1, 0.15) is 0 Å². The lowest BCUT2D eigenvalue weighted by molar-refractivity contribution is 0.432. The number of rotatable bonds is 4. The number of halogens is 2. The quantitative estimate of drug-likeness (QED) is 0.388. The SMILES string of the molecule is CC(C)c1cccc(NC(N)=NCc2ccc(O)c(F)c2)c1.I. The average molecular weight is 429 g/mol. The molecule has 4 N–H and O–H groups in total. The first-order chi connectivity index (χ1) is 10.5. The largest absolute Gasteiger partial charge is 0.505 e. The highest BCUT2D eigenvalue weighted by atomic mass is 127. The third-order valence-corrected chi connectivity index (χ3v) is 3.27. The zero-order valence-corrected chi connectivity index (χ0v) is 15.4. The van der Waals surface area contributed by atoms with Crippen LogP contribution in [0.4, 0.5) is 10.1 Å². The lowest BCUT2D eigenvalue weighted by Gasteiger charge is -2.10. The van der Waals surface area contributed by atoms with Gasteiger partial charge in [-0.3, -0.25) is 0 Å². The average Bonchev–Trinajstić information content (AvgIpc) is 2.49. The highest BCUT2D eigenvalue weighted by Gasteiger charge is 2.03. The van der Waals surface area contributed by atoms with Gasteiger partial charge in [0.25, 0.3) is 0 Å². The fourth-order valence-electron chi connectivity index (χ4n) is 1.99. The zero-order valence-electron chi connectivity index (χ0n) is 13.1. The van der Waals surface area contributed by atoms with Crippen molar-refractivity contribution < 1.29 is 9.50 Å². The molecule has 4 nitrogen and oxygen atoms in total. The Balaban J connectivity index is 0.00000264. The summed E-state index contributed by atoms with van der Waals surface area (Å²) < 4.78 is 13.2. The number of hydrogen-bond donors (Lipinski definition) is 3. The van der Waals surface area contributed by atoms with Crippen molar-refractivity contribution >= 4 is 35.6 Å². The molecule has 0 amide bonds. The van der Waals surface area contributed by atoms with Crippen LogP contribution in [0.25, 0.3) is 0 Å². The van der Waals surface area contributed by atoms with E-state index in [2.05, 4.69) is 30.2 Å². The van der Waals surface area contributed by atoms with Gasteiger partial charge in [-0.1, -0.05) is 32.0 Å². The van der Waals surface area contributed by atoms with Gasteiger partial charge < -0.3 is 16.2 Å². The van der Waals surface area contributed by atoms with E-state index in [4.69, 9.17) is 10.8 Å². The van der Waals surface area contributed by atoms with Crippen LogP contribution >= 0.6 is 24.0 Å². The molecule has 0 saturated heterocycles. The summed E-state index contributed by atoms with van der Waals surface area (Å²) in [5.41, 5.74) is 8.55. The Kier molecular flexibility index (Phi) is 7.28. The lowest BCUT2D eigenvalue weighted by atomic mass is 10.0. The molecule has 0 spiro atoms. The third-order valence-electron chi connectivity index (χ3n) is 3.27. The molecule has 0 bridgehead atoms. The van der Waals surface area contributed by atoms with Crippen LogP contribution in [0.2, 0.25) is 0 Å². The summed E-state index contributed by atoms with van der Waals surface area (Å²) >= 11 is 0. The standard InChI is InChI=1S/C17H20FN3O.HI/c1-11(2)13-4-3-5-14(9-13)21-17(19)20-10-12-6-7-16(22)15(18)8-12;/h3-9,11,22H,10H2,1-2H3,(H3,19,20,21);1H. The molecule has 23 heavy (non-hydrogen) atoms. The third kappa shape index (κ3) is 5.70. The van der Waals surface area contributed by atoms with Gasteiger partial charge in [-0.25, -0.2) is 9.38 Å². The lowest BCUT2D eigenvalue weighted by Crippen LogP contribution is -2.22. The molecule has 0 radical (unpaired) electrons. The molecule has 0 aliphatic heterocycles. The predicted molar refractivity (Wildman–Crippen MR) is 103 cm³/mol. The Morgan fingerprint density at radius 1 is 1.26 bits per heavy atom. The van der Waals surface area contributed by atoms with Crippen LogP contribution in [0.3, 0.4) is 0 Å². The van der Waals surface area contributed by atoms with Crippen molar-refractivity contribution in [1.82, 2.24) is 0 Å². The number of hydrogen-bond acceptors (Lipinski definition) is 2. The van der Waals surface area contributed by atoms with E-state index in [0.29, 0.717) is 11.5 Å². The van der Waals surface area contributed by atoms with E-state index in [1.165, 1.54) is 17.7 Å². The normalized spacial score (nSPS) is 11.2. The van der Waals surface area contributed by atoms with E-state index in [9.17, 15) is 4.39 Å². The van der Waals surface area contributed by atoms with E-state index in [1.54, 1.807) is 6.07 Å². The molecule has 6 heteroatoms. The number of nitrogens with two attached hydrogens (primary N) is 1. The van der Waals surface area contributed by atoms with Crippen LogP contribution in [0.5, 0.6) is 5.75 Å². The van der Waals surface area contributed by atoms with Crippen LogP contribution < -0.4 is 11.1 Å². The molecule has 2 aromatic rings. The number of phenolic OH excluding ortho intramolecular Hbond substituents is 1. The molecule has 2 aromatic carbocycles. The van der Waals surface area contributed by atoms with Gasteiger partial charge in [0.05, 0.1) is 6.54 Å². The van der Waals surface area contributed by atoms with Crippen molar-refractivity contribution in [3.8, 4) is 5.75 Å². The van der Waals surface area contributed by atoms with Crippen molar-refractivity contribution in [1.29, 1.82) is 0 Å². The molecule has 0 aromatic heterocycles. The number of benzene rings is 2. The van der Waals surface area contributed by atoms with Gasteiger partial charge in [-0.2, -0.15) is 0 Å². The molecule has 0 aliphatic carbocycles. The predicted octanol–water partition coefficient (Wildman–Crippen LogP) is 4.20. The number of aliphatic imine (C=N–C) groups is 1. The highest BCUT2D eigenvalue weighted by molar-refractivity contribution is 14.0. The van der Waals surface area contributed by atoms with Crippen molar-refractivity contribution in [3.63, 3.8) is 0 Å². The van der Waals surface area contributed by atoms with Crippen LogP contribution in [-0.4, -0.2) is 11.1 Å². The van der Waals surface area contributed by atoms with E-state index in [-0.39, 0.29) is 42.2 Å². The van der Waals surface area contributed by atoms with Gasteiger partial charge >= 0.3 is 0 Å². The molecule has 0 fully saturated rings. The number of phenols is 1. The molecule has 2 rings (SSSR count). The molecular weight excluding hydrogens is 408 g/mol. The maximum absolute atomic E-state index is 13.2. The maximum Gasteiger partial charge on any atom is 0.193 e. The Hall–Kier alpha value is -1.83. The summed E-state index contributed by atoms with van der Waals surface area (Å²) in [5, 5.41) is 12.2. The van der Waals surface area contributed by atoms with Gasteiger partial charge in [0.2, 0.25) is 0 Å². The minimum Gasteiger partial charge on any atom is -0.505 e. The van der Waals surface area contributed by atoms with Gasteiger partial charge in [-0.05, 0) is 41.3 Å². The summed E-state index contributed by atoms with van der Waals surface area (Å²) in [5.74, 6) is -0.345. The van der Waals surface area contributed by atoms with Gasteiger partial charge in [0, 0.05) is 5.69 Å². The van der Waals surface area contributed by atoms with Crippen molar-refractivity contribution in [2.24, 2.45) is 10.7 Å². The van der Waals surface area contributed by atoms with Crippen LogP contribution in [0.1, 0.15) is 30.9 Å². The van der Waals surface area contributed by atoms with Crippen molar-refractivity contribution in [3.05, 3.63) is 59.4 Å². The van der Waals surface area contributed by atoms with E-state index >= 15 is 0 Å². The van der Waals surface area contributed by atoms with Gasteiger partial charge in [0.15, 0.2) is 17.5 Å². The highest BCUT2D eigenvalue weighted by Crippen LogP contribution is 2.19. The zero-order chi connectivity index (χ0) is 16.1. The molecule has 0 unspecified atom stereocenters. The molecule has 124 valence electrons. The molecule has 0 heterocycles. The van der Waals surface area contributed by atoms with Crippen molar-refractivity contribution in [2.75, 3.05) is 5.32 Å². The summed E-state index contributed by atoms with van der Waals surface area (Å²) in [6.07, 6.45) is 0. The summed E-state index contributed by atoms with van der Waals surface area (Å²) in [7, 11) is 0. The second-order valence-corrected chi connectivity index (χ2v) is 5.39. The number of aromatic hydroxyl groups is 1. The number of nitrogens with one attached hydrogen (secondary N) is 1. The monoisotopic (exact) mass is 429 g/mol. The Bertz CT molecular complexity index is 689. The molecule has 0 atom stereocenters. The molecule has 0 saturated carbocycles. The van der Waals surface area contributed by atoms with Gasteiger partial charge in [-0.15, -0.1) is 24.0 Å². The van der Waals surface area contributed by atoms with Crippen LogP contribution in [0.15, 0.2) is 47.5 Å². The summed E-state index contributed by atoms with van der Waals surface area (Å²) in [6.45, 7) is 4.48. The van der Waals surface area contributed by atoms with Crippen LogP contribution in [0, 0.1) is 5.82 Å². The maximum atomic E-state index is 13.2. The smallest absolute Gasteiger partial charge is 0.193 e. The summed E-state index contributed by atoms with van der Waals surface area (Å²) in [6, 6.07) is 12.1. The molecule has 0 aliphatic rings. The second-order valence-electron chi connectivity index (χ2n) is 5.39. The van der Waals surface area contributed by atoms with E-state index in [0.717, 1.165) is 5.69 Å². The Labute approximate surface area is 152 Å². The van der Waals surface area contributed by atoms with E-state index in [1.807, 2.05) is 18.2 Å². The summed E-state index contributed by atoms with van der Waals surface area (Å²) in [4.78, 5) is 4.17. The topological polar surface area (TPSA) is 70.6 Å². The second kappa shape index (κ2) is 8.71. The first-order valence-electron chi connectivity index (χ1n) is 7.10. The fraction of sp³-hybridized carbons (Fsp3) is 0.235. The Morgan fingerprint density at radius 3 is 2.65 bits per heavy atom. The minimum absolute atomic E-state index is 0. The number of nitrogens with zero attached hydrogens (tertiary/aromatic N) is 1.